The van der Waals surface area contributed by atoms with Crippen molar-refractivity contribution >= 4 is 0 Å². The number of hydrogen-bond acceptors (Lipinski definition) is 3. The van der Waals surface area contributed by atoms with Crippen molar-refractivity contribution in [3.8, 4) is 0 Å². The van der Waals surface area contributed by atoms with E-state index in [0.717, 1.165) is 32.6 Å². The van der Waals surface area contributed by atoms with Gasteiger partial charge in [0.15, 0.2) is 0 Å². The number of aromatic nitrogens is 2. The zero-order valence-electron chi connectivity index (χ0n) is 10.9. The summed E-state index contributed by atoms with van der Waals surface area (Å²) in [5.41, 5.74) is 1.31. The molecule has 1 atom stereocenters. The average Bonchev–Trinajstić information content (AvgIpc) is 2.78. The van der Waals surface area contributed by atoms with Crippen molar-refractivity contribution in [2.75, 3.05) is 19.8 Å². The Morgan fingerprint density at radius 3 is 2.88 bits per heavy atom. The van der Waals surface area contributed by atoms with E-state index in [1.807, 2.05) is 17.9 Å². The molecular formula is C13H23N3O. The first-order valence-electron chi connectivity index (χ1n) is 6.61. The number of rotatable bonds is 5. The fraction of sp³-hybridized carbons (Fsp3) is 0.769. The molecule has 1 aliphatic heterocycles. The minimum Gasteiger partial charge on any atom is -0.381 e. The van der Waals surface area contributed by atoms with Crippen molar-refractivity contribution < 1.29 is 4.74 Å². The summed E-state index contributed by atoms with van der Waals surface area (Å²) in [5, 5.41) is 7.95. The van der Waals surface area contributed by atoms with E-state index in [2.05, 4.69) is 23.5 Å². The van der Waals surface area contributed by atoms with Crippen molar-refractivity contribution in [2.24, 2.45) is 13.0 Å². The molecule has 96 valence electrons. The number of nitrogens with one attached hydrogen (secondary N) is 1. The second-order valence-electron chi connectivity index (χ2n) is 4.83. The standard InChI is InChI=1S/C13H23N3O/c1-3-6-14-13(11-4-7-17-8-5-11)12-9-15-16(2)10-12/h9-11,13-14H,3-8H2,1-2H3. The van der Waals surface area contributed by atoms with Crippen molar-refractivity contribution in [3.63, 3.8) is 0 Å². The highest BCUT2D eigenvalue weighted by molar-refractivity contribution is 5.12. The van der Waals surface area contributed by atoms with Gasteiger partial charge in [0.2, 0.25) is 0 Å². The molecule has 0 aliphatic carbocycles. The monoisotopic (exact) mass is 237 g/mol. The summed E-state index contributed by atoms with van der Waals surface area (Å²) >= 11 is 0. The Labute approximate surface area is 103 Å². The highest BCUT2D eigenvalue weighted by Gasteiger charge is 2.25. The fourth-order valence-electron chi connectivity index (χ4n) is 2.51. The second kappa shape index (κ2) is 6.17. The van der Waals surface area contributed by atoms with Crippen LogP contribution in [0.4, 0.5) is 0 Å². The number of ether oxygens (including phenoxy) is 1. The normalized spacial score (nSPS) is 19.4. The van der Waals surface area contributed by atoms with Crippen molar-refractivity contribution in [2.45, 2.75) is 32.2 Å². The molecule has 4 heteroatoms. The molecule has 1 saturated heterocycles. The van der Waals surface area contributed by atoms with Gasteiger partial charge in [0, 0.05) is 38.1 Å². The SMILES string of the molecule is CCCNC(c1cnn(C)c1)C1CCOCC1. The topological polar surface area (TPSA) is 39.1 Å². The third-order valence-electron chi connectivity index (χ3n) is 3.44. The molecule has 1 aromatic rings. The maximum atomic E-state index is 5.45. The van der Waals surface area contributed by atoms with Crippen molar-refractivity contribution in [3.05, 3.63) is 18.0 Å². The lowest BCUT2D eigenvalue weighted by Crippen LogP contribution is -2.32. The molecule has 1 N–H and O–H groups in total. The first kappa shape index (κ1) is 12.6. The van der Waals surface area contributed by atoms with Crippen LogP contribution in [-0.4, -0.2) is 29.5 Å². The van der Waals surface area contributed by atoms with Crippen molar-refractivity contribution in [1.29, 1.82) is 0 Å². The highest BCUT2D eigenvalue weighted by atomic mass is 16.5. The molecule has 1 fully saturated rings. The minimum absolute atomic E-state index is 0.438. The van der Waals surface area contributed by atoms with Crippen LogP contribution in [0.3, 0.4) is 0 Å². The van der Waals surface area contributed by atoms with Gasteiger partial charge in [-0.1, -0.05) is 6.92 Å². The van der Waals surface area contributed by atoms with Gasteiger partial charge in [0.05, 0.1) is 6.20 Å². The lowest BCUT2D eigenvalue weighted by Gasteiger charge is -2.30. The van der Waals surface area contributed by atoms with E-state index in [1.165, 1.54) is 12.0 Å². The maximum absolute atomic E-state index is 5.45. The van der Waals surface area contributed by atoms with Crippen LogP contribution >= 0.6 is 0 Å². The predicted octanol–water partition coefficient (Wildman–Crippen LogP) is 1.89. The fourth-order valence-corrected chi connectivity index (χ4v) is 2.51. The van der Waals surface area contributed by atoms with Crippen LogP contribution in [-0.2, 0) is 11.8 Å². The zero-order valence-corrected chi connectivity index (χ0v) is 10.9. The van der Waals surface area contributed by atoms with E-state index in [-0.39, 0.29) is 0 Å². The summed E-state index contributed by atoms with van der Waals surface area (Å²) in [5.74, 6) is 0.680. The molecule has 0 aromatic carbocycles. The van der Waals surface area contributed by atoms with E-state index < -0.39 is 0 Å². The molecule has 1 aliphatic rings. The Kier molecular flexibility index (Phi) is 4.57. The molecule has 0 saturated carbocycles. The maximum Gasteiger partial charge on any atom is 0.0537 e. The highest BCUT2D eigenvalue weighted by Crippen LogP contribution is 2.29. The van der Waals surface area contributed by atoms with Gasteiger partial charge in [-0.15, -0.1) is 0 Å². The molecule has 2 heterocycles. The molecule has 2 rings (SSSR count). The Balaban J connectivity index is 2.06. The predicted molar refractivity (Wildman–Crippen MR) is 67.8 cm³/mol. The molecule has 4 nitrogen and oxygen atoms in total. The molecule has 1 aromatic heterocycles. The Hall–Kier alpha value is -0.870. The van der Waals surface area contributed by atoms with Crippen LogP contribution < -0.4 is 5.32 Å². The van der Waals surface area contributed by atoms with E-state index in [1.54, 1.807) is 0 Å². The van der Waals surface area contributed by atoms with Gasteiger partial charge in [0.1, 0.15) is 0 Å². The first-order chi connectivity index (χ1) is 8.31. The largest absolute Gasteiger partial charge is 0.381 e. The molecular weight excluding hydrogens is 214 g/mol. The Bertz CT molecular complexity index is 331. The summed E-state index contributed by atoms with van der Waals surface area (Å²) in [4.78, 5) is 0. The van der Waals surface area contributed by atoms with Gasteiger partial charge in [0.25, 0.3) is 0 Å². The number of hydrogen-bond donors (Lipinski definition) is 1. The van der Waals surface area contributed by atoms with Crippen molar-refractivity contribution in [1.82, 2.24) is 15.1 Å². The van der Waals surface area contributed by atoms with Crippen LogP contribution in [0.2, 0.25) is 0 Å². The average molecular weight is 237 g/mol. The van der Waals surface area contributed by atoms with Crippen LogP contribution in [0.5, 0.6) is 0 Å². The summed E-state index contributed by atoms with van der Waals surface area (Å²) in [7, 11) is 1.98. The third kappa shape index (κ3) is 3.30. The minimum atomic E-state index is 0.438. The number of aryl methyl sites for hydroxylation is 1. The van der Waals surface area contributed by atoms with Gasteiger partial charge in [-0.05, 0) is 31.7 Å². The molecule has 1 unspecified atom stereocenters. The lowest BCUT2D eigenvalue weighted by atomic mass is 9.88. The van der Waals surface area contributed by atoms with E-state index in [0.29, 0.717) is 12.0 Å². The summed E-state index contributed by atoms with van der Waals surface area (Å²) in [6.45, 7) is 5.07. The zero-order chi connectivity index (χ0) is 12.1. The van der Waals surface area contributed by atoms with Gasteiger partial charge in [-0.2, -0.15) is 5.10 Å². The molecule has 17 heavy (non-hydrogen) atoms. The molecule has 0 spiro atoms. The van der Waals surface area contributed by atoms with Gasteiger partial charge in [-0.3, -0.25) is 4.68 Å². The van der Waals surface area contributed by atoms with E-state index >= 15 is 0 Å². The van der Waals surface area contributed by atoms with E-state index in [9.17, 15) is 0 Å². The van der Waals surface area contributed by atoms with Crippen LogP contribution in [0.25, 0.3) is 0 Å². The Morgan fingerprint density at radius 2 is 2.29 bits per heavy atom. The lowest BCUT2D eigenvalue weighted by molar-refractivity contribution is 0.0536. The van der Waals surface area contributed by atoms with Crippen LogP contribution in [0.1, 0.15) is 37.8 Å². The Morgan fingerprint density at radius 1 is 1.53 bits per heavy atom. The van der Waals surface area contributed by atoms with Crippen LogP contribution in [0.15, 0.2) is 12.4 Å². The first-order valence-corrected chi connectivity index (χ1v) is 6.61. The summed E-state index contributed by atoms with van der Waals surface area (Å²) in [6.07, 6.45) is 7.58. The van der Waals surface area contributed by atoms with Gasteiger partial charge < -0.3 is 10.1 Å². The third-order valence-corrected chi connectivity index (χ3v) is 3.44. The molecule has 0 amide bonds. The van der Waals surface area contributed by atoms with Crippen LogP contribution in [0, 0.1) is 5.92 Å². The molecule has 0 bridgehead atoms. The smallest absolute Gasteiger partial charge is 0.0537 e. The molecule has 0 radical (unpaired) electrons. The van der Waals surface area contributed by atoms with E-state index in [4.69, 9.17) is 4.74 Å². The summed E-state index contributed by atoms with van der Waals surface area (Å²) < 4.78 is 7.33. The van der Waals surface area contributed by atoms with Gasteiger partial charge in [-0.25, -0.2) is 0 Å². The van der Waals surface area contributed by atoms with Gasteiger partial charge >= 0.3 is 0 Å². The summed E-state index contributed by atoms with van der Waals surface area (Å²) in [6, 6.07) is 0.438. The second-order valence-corrected chi connectivity index (χ2v) is 4.83. The quantitative estimate of drug-likeness (QED) is 0.850. The number of nitrogens with zero attached hydrogens (tertiary/aromatic N) is 2.